The molecule has 2 aromatic rings. The second kappa shape index (κ2) is 15.4. The summed E-state index contributed by atoms with van der Waals surface area (Å²) in [5.74, 6) is -9.54. The van der Waals surface area contributed by atoms with Gasteiger partial charge in [-0.3, -0.25) is 0 Å². The maximum Gasteiger partial charge on any atom is 1.00 e. The fourth-order valence-corrected chi connectivity index (χ4v) is 9.46. The molecule has 2 saturated carbocycles. The van der Waals surface area contributed by atoms with E-state index in [9.17, 15) is 22.7 Å². The Labute approximate surface area is 256 Å². The van der Waals surface area contributed by atoms with Gasteiger partial charge in [0.2, 0.25) is 0 Å². The van der Waals surface area contributed by atoms with Gasteiger partial charge in [-0.1, -0.05) is 104 Å². The standard InChI is InChI=1S/C21H26F2O2Si.C5H8F2O2.3CH4.Na.H/c1-20(2,3)26(16-10-6-4-7-11-16,17-12-8-5-9-13-17)25-15-19-18(14-24)21(19,22)23;6-5(7)3(1-8)4(5)2-9;;;;;/h4-13,18-19,24H,14-15H2,1-3H3;3-4,8-9H,1-2H2;3*1H4;;/q;;;;;+1;-1. The van der Waals surface area contributed by atoms with Crippen LogP contribution in [0.4, 0.5) is 17.6 Å². The fraction of sp³-hybridized carbons (Fsp3) is 0.586. The quantitative estimate of drug-likeness (QED) is 0.328. The minimum absolute atomic E-state index is 0. The summed E-state index contributed by atoms with van der Waals surface area (Å²) in [7, 11) is -2.79. The molecule has 39 heavy (non-hydrogen) atoms. The summed E-state index contributed by atoms with van der Waals surface area (Å²) in [6.07, 6.45) is 0. The van der Waals surface area contributed by atoms with E-state index in [4.69, 9.17) is 14.6 Å². The number of rotatable bonds is 8. The maximum atomic E-state index is 13.9. The van der Waals surface area contributed by atoms with Gasteiger partial charge in [0.1, 0.15) is 0 Å². The van der Waals surface area contributed by atoms with Crippen molar-refractivity contribution in [2.75, 3.05) is 26.4 Å². The number of alkyl halides is 4. The smallest absolute Gasteiger partial charge is 1.00 e. The summed E-state index contributed by atoms with van der Waals surface area (Å²) in [5, 5.41) is 27.6. The monoisotopic (exact) mass is 586 g/mol. The molecule has 4 nitrogen and oxygen atoms in total. The molecule has 0 radical (unpaired) electrons. The number of aliphatic hydroxyl groups is 3. The largest absolute Gasteiger partial charge is 1.00 e. The minimum Gasteiger partial charge on any atom is -1.00 e. The van der Waals surface area contributed by atoms with E-state index in [0.717, 1.165) is 10.4 Å². The Morgan fingerprint density at radius 3 is 1.26 bits per heavy atom. The molecule has 4 rings (SSSR count). The van der Waals surface area contributed by atoms with Gasteiger partial charge in [0, 0.05) is 6.61 Å². The molecule has 0 aromatic heterocycles. The SMILES string of the molecule is C.C.C.CC(C)(C)[Si](OCC1C(CO)C1(F)F)(c1ccccc1)c1ccccc1.OCC1C(CO)C1(F)F.[H-].[Na+]. The molecule has 4 unspecified atom stereocenters. The van der Waals surface area contributed by atoms with Crippen molar-refractivity contribution >= 4 is 18.7 Å². The molecule has 0 heterocycles. The van der Waals surface area contributed by atoms with Crippen LogP contribution in [-0.4, -0.2) is 61.9 Å². The first kappa shape index (κ1) is 40.4. The van der Waals surface area contributed by atoms with Crippen LogP contribution in [-0.2, 0) is 4.43 Å². The van der Waals surface area contributed by atoms with E-state index in [1.807, 2.05) is 60.7 Å². The van der Waals surface area contributed by atoms with Gasteiger partial charge in [0.25, 0.3) is 20.2 Å². The van der Waals surface area contributed by atoms with Gasteiger partial charge in [-0.2, -0.15) is 0 Å². The summed E-state index contributed by atoms with van der Waals surface area (Å²) in [6, 6.07) is 19.9. The molecule has 0 amide bonds. The second-order valence-electron chi connectivity index (χ2n) is 10.3. The Bertz CT molecular complexity index is 916. The molecule has 10 heteroatoms. The van der Waals surface area contributed by atoms with Crippen molar-refractivity contribution in [3.8, 4) is 0 Å². The van der Waals surface area contributed by atoms with E-state index in [0.29, 0.717) is 0 Å². The fourth-order valence-electron chi connectivity index (χ4n) is 4.87. The Morgan fingerprint density at radius 1 is 0.692 bits per heavy atom. The van der Waals surface area contributed by atoms with Crippen LogP contribution in [0.5, 0.6) is 0 Å². The Kier molecular flexibility index (Phi) is 16.0. The number of hydrogen-bond acceptors (Lipinski definition) is 4. The van der Waals surface area contributed by atoms with Crippen molar-refractivity contribution in [3.63, 3.8) is 0 Å². The van der Waals surface area contributed by atoms with E-state index in [2.05, 4.69) is 20.8 Å². The molecule has 0 bridgehead atoms. The summed E-state index contributed by atoms with van der Waals surface area (Å²) in [4.78, 5) is 0. The molecular weight excluding hydrogens is 539 g/mol. The maximum absolute atomic E-state index is 13.9. The van der Waals surface area contributed by atoms with Crippen LogP contribution in [0.1, 0.15) is 44.5 Å². The molecule has 0 aliphatic heterocycles. The molecule has 0 saturated heterocycles. The average molecular weight is 587 g/mol. The van der Waals surface area contributed by atoms with Crippen molar-refractivity contribution in [2.45, 2.75) is 59.9 Å². The third kappa shape index (κ3) is 7.95. The van der Waals surface area contributed by atoms with Crippen LogP contribution < -0.4 is 39.9 Å². The van der Waals surface area contributed by atoms with E-state index in [1.165, 1.54) is 0 Å². The topological polar surface area (TPSA) is 69.9 Å². The third-order valence-electron chi connectivity index (χ3n) is 7.22. The first-order chi connectivity index (χ1) is 16.4. The van der Waals surface area contributed by atoms with Crippen LogP contribution in [0.3, 0.4) is 0 Å². The van der Waals surface area contributed by atoms with Gasteiger partial charge in [0.15, 0.2) is 0 Å². The Hall–Kier alpha value is -0.783. The van der Waals surface area contributed by atoms with Crippen LogP contribution in [0.2, 0.25) is 5.04 Å². The minimum atomic E-state index is -2.83. The molecule has 4 atom stereocenters. The van der Waals surface area contributed by atoms with Gasteiger partial charge < -0.3 is 21.2 Å². The molecule has 220 valence electrons. The zero-order chi connectivity index (χ0) is 26.1. The van der Waals surface area contributed by atoms with Crippen LogP contribution in [0, 0.1) is 23.7 Å². The third-order valence-corrected chi connectivity index (χ3v) is 12.2. The molecule has 3 N–H and O–H groups in total. The van der Waals surface area contributed by atoms with Crippen LogP contribution in [0.25, 0.3) is 0 Å². The molecule has 2 aliphatic rings. The molecule has 0 spiro atoms. The summed E-state index contributed by atoms with van der Waals surface area (Å²) >= 11 is 0. The molecular formula is C29H47F4NaO4Si. The van der Waals surface area contributed by atoms with Gasteiger partial charge in [0.05, 0.1) is 43.5 Å². The van der Waals surface area contributed by atoms with Gasteiger partial charge in [-0.15, -0.1) is 0 Å². The van der Waals surface area contributed by atoms with E-state index in [-0.39, 0.29) is 64.9 Å². The first-order valence-electron chi connectivity index (χ1n) is 11.7. The summed E-state index contributed by atoms with van der Waals surface area (Å²) in [6.45, 7) is 4.76. The van der Waals surface area contributed by atoms with Crippen molar-refractivity contribution in [1.29, 1.82) is 0 Å². The normalized spacial score (nSPS) is 23.7. The molecule has 2 fully saturated rings. The van der Waals surface area contributed by atoms with E-state index >= 15 is 0 Å². The van der Waals surface area contributed by atoms with Crippen molar-refractivity contribution in [1.82, 2.24) is 0 Å². The zero-order valence-corrected chi connectivity index (χ0v) is 24.2. The van der Waals surface area contributed by atoms with Crippen molar-refractivity contribution < 1.29 is 68.3 Å². The van der Waals surface area contributed by atoms with Crippen molar-refractivity contribution in [3.05, 3.63) is 60.7 Å². The summed E-state index contributed by atoms with van der Waals surface area (Å²) < 4.78 is 58.6. The van der Waals surface area contributed by atoms with E-state index in [1.54, 1.807) is 0 Å². The number of halogens is 4. The predicted molar refractivity (Wildman–Crippen MR) is 150 cm³/mol. The van der Waals surface area contributed by atoms with Gasteiger partial charge in [-0.25, -0.2) is 17.6 Å². The predicted octanol–water partition coefficient (Wildman–Crippen LogP) is 2.31. The zero-order valence-electron chi connectivity index (χ0n) is 22.2. The van der Waals surface area contributed by atoms with E-state index < -0.39 is 63.7 Å². The van der Waals surface area contributed by atoms with Gasteiger partial charge in [-0.05, 0) is 15.4 Å². The Balaban J connectivity index is -0.000000847. The number of hydrogen-bond donors (Lipinski definition) is 3. The van der Waals surface area contributed by atoms with Crippen molar-refractivity contribution in [2.24, 2.45) is 23.7 Å². The Morgan fingerprint density at radius 2 is 1.00 bits per heavy atom. The van der Waals surface area contributed by atoms with Crippen LogP contribution >= 0.6 is 0 Å². The van der Waals surface area contributed by atoms with Gasteiger partial charge >= 0.3 is 29.6 Å². The molecule has 2 aromatic carbocycles. The number of benzene rings is 2. The average Bonchev–Trinajstić information content (AvgIpc) is 3.59. The summed E-state index contributed by atoms with van der Waals surface area (Å²) in [5.41, 5.74) is 0. The molecule has 2 aliphatic carbocycles. The number of aliphatic hydroxyl groups excluding tert-OH is 3. The first-order valence-corrected chi connectivity index (χ1v) is 13.6. The second-order valence-corrected chi connectivity index (χ2v) is 14.6. The van der Waals surface area contributed by atoms with Crippen LogP contribution in [0.15, 0.2) is 60.7 Å².